The first-order chi connectivity index (χ1) is 10.3. The third kappa shape index (κ3) is 3.82. The molecule has 2 rings (SSSR count). The normalized spacial score (nSPS) is 16.5. The summed E-state index contributed by atoms with van der Waals surface area (Å²) in [5.74, 6) is -1.01. The van der Waals surface area contributed by atoms with Gasteiger partial charge < -0.3 is 16.0 Å². The van der Waals surface area contributed by atoms with Crippen molar-refractivity contribution >= 4 is 11.8 Å². The summed E-state index contributed by atoms with van der Waals surface area (Å²) in [7, 11) is 0. The zero-order valence-electron chi connectivity index (χ0n) is 12.9. The molecule has 0 radical (unpaired) electrons. The number of nitrogens with zero attached hydrogens (tertiary/aromatic N) is 1. The van der Waals surface area contributed by atoms with Crippen LogP contribution in [0.4, 0.5) is 4.39 Å². The average molecular weight is 307 g/mol. The molecule has 120 valence electrons. The molecule has 0 aliphatic carbocycles. The highest BCUT2D eigenvalue weighted by atomic mass is 19.1. The van der Waals surface area contributed by atoms with Crippen molar-refractivity contribution in [3.8, 4) is 0 Å². The lowest BCUT2D eigenvalue weighted by molar-refractivity contribution is -0.126. The number of rotatable bonds is 3. The maximum absolute atomic E-state index is 13.7. The molecule has 0 atom stereocenters. The van der Waals surface area contributed by atoms with E-state index in [1.165, 1.54) is 12.1 Å². The Morgan fingerprint density at radius 2 is 1.86 bits per heavy atom. The minimum Gasteiger partial charge on any atom is -0.352 e. The van der Waals surface area contributed by atoms with Crippen molar-refractivity contribution in [3.63, 3.8) is 0 Å². The summed E-state index contributed by atoms with van der Waals surface area (Å²) in [6.45, 7) is 4.28. The molecule has 0 spiro atoms. The second-order valence-electron chi connectivity index (χ2n) is 6.24. The first-order valence-electron chi connectivity index (χ1n) is 7.42. The number of halogens is 1. The molecule has 0 aromatic heterocycles. The lowest BCUT2D eigenvalue weighted by Gasteiger charge is -2.33. The monoisotopic (exact) mass is 307 g/mol. The SMILES string of the molecule is CC(C)(N)C(=O)NC1CCN(C(=O)c2ccccc2F)CC1. The van der Waals surface area contributed by atoms with Gasteiger partial charge in [0, 0.05) is 19.1 Å². The van der Waals surface area contributed by atoms with Crippen LogP contribution in [0.3, 0.4) is 0 Å². The van der Waals surface area contributed by atoms with Crippen LogP contribution in [0.2, 0.25) is 0 Å². The van der Waals surface area contributed by atoms with E-state index < -0.39 is 11.4 Å². The van der Waals surface area contributed by atoms with E-state index in [-0.39, 0.29) is 23.4 Å². The number of nitrogens with two attached hydrogens (primary N) is 1. The molecule has 1 aliphatic rings. The van der Waals surface area contributed by atoms with E-state index in [0.29, 0.717) is 25.9 Å². The third-order valence-electron chi connectivity index (χ3n) is 3.81. The molecule has 5 nitrogen and oxygen atoms in total. The van der Waals surface area contributed by atoms with Crippen LogP contribution in [-0.2, 0) is 4.79 Å². The number of nitrogens with one attached hydrogen (secondary N) is 1. The van der Waals surface area contributed by atoms with Gasteiger partial charge in [0.15, 0.2) is 0 Å². The maximum atomic E-state index is 13.7. The molecule has 1 fully saturated rings. The predicted molar refractivity (Wildman–Crippen MR) is 81.7 cm³/mol. The summed E-state index contributed by atoms with van der Waals surface area (Å²) in [5, 5.41) is 2.89. The lowest BCUT2D eigenvalue weighted by Crippen LogP contribution is -2.54. The molecule has 1 aromatic carbocycles. The highest BCUT2D eigenvalue weighted by molar-refractivity contribution is 5.94. The van der Waals surface area contributed by atoms with Crippen LogP contribution in [-0.4, -0.2) is 41.4 Å². The van der Waals surface area contributed by atoms with Gasteiger partial charge in [0.25, 0.3) is 5.91 Å². The number of piperidine rings is 1. The van der Waals surface area contributed by atoms with Crippen molar-refractivity contribution in [2.24, 2.45) is 5.73 Å². The molecule has 3 N–H and O–H groups in total. The molecule has 22 heavy (non-hydrogen) atoms. The van der Waals surface area contributed by atoms with Gasteiger partial charge in [-0.25, -0.2) is 4.39 Å². The summed E-state index contributed by atoms with van der Waals surface area (Å²) >= 11 is 0. The zero-order valence-corrected chi connectivity index (χ0v) is 12.9. The van der Waals surface area contributed by atoms with Crippen molar-refractivity contribution < 1.29 is 14.0 Å². The van der Waals surface area contributed by atoms with Crippen molar-refractivity contribution in [2.75, 3.05) is 13.1 Å². The highest BCUT2D eigenvalue weighted by Crippen LogP contribution is 2.16. The quantitative estimate of drug-likeness (QED) is 0.883. The van der Waals surface area contributed by atoms with Gasteiger partial charge >= 0.3 is 0 Å². The fourth-order valence-electron chi connectivity index (χ4n) is 2.40. The van der Waals surface area contributed by atoms with Crippen LogP contribution in [0.5, 0.6) is 0 Å². The Morgan fingerprint density at radius 3 is 2.41 bits per heavy atom. The summed E-state index contributed by atoms with van der Waals surface area (Å²) in [4.78, 5) is 25.8. The Labute approximate surface area is 129 Å². The zero-order chi connectivity index (χ0) is 16.3. The van der Waals surface area contributed by atoms with E-state index in [2.05, 4.69) is 5.32 Å². The Bertz CT molecular complexity index is 561. The predicted octanol–water partition coefficient (Wildman–Crippen LogP) is 1.28. The molecule has 2 amide bonds. The number of likely N-dealkylation sites (tertiary alicyclic amines) is 1. The van der Waals surface area contributed by atoms with Gasteiger partial charge in [0.1, 0.15) is 5.82 Å². The molecule has 1 aliphatic heterocycles. The maximum Gasteiger partial charge on any atom is 0.256 e. The van der Waals surface area contributed by atoms with Gasteiger partial charge in [-0.2, -0.15) is 0 Å². The molecule has 0 unspecified atom stereocenters. The summed E-state index contributed by atoms with van der Waals surface area (Å²) < 4.78 is 13.7. The molecule has 0 bridgehead atoms. The molecule has 0 saturated carbocycles. The largest absolute Gasteiger partial charge is 0.352 e. The molecule has 6 heteroatoms. The van der Waals surface area contributed by atoms with Gasteiger partial charge in [-0.1, -0.05) is 12.1 Å². The minimum atomic E-state index is -0.917. The first-order valence-corrected chi connectivity index (χ1v) is 7.42. The van der Waals surface area contributed by atoms with E-state index in [9.17, 15) is 14.0 Å². The fourth-order valence-corrected chi connectivity index (χ4v) is 2.40. The van der Waals surface area contributed by atoms with E-state index >= 15 is 0 Å². The van der Waals surface area contributed by atoms with Gasteiger partial charge in [0.2, 0.25) is 5.91 Å². The number of benzene rings is 1. The Kier molecular flexibility index (Phi) is 4.81. The van der Waals surface area contributed by atoms with E-state index in [1.54, 1.807) is 30.9 Å². The molecule has 1 saturated heterocycles. The van der Waals surface area contributed by atoms with Crippen LogP contribution in [0.15, 0.2) is 24.3 Å². The second-order valence-corrected chi connectivity index (χ2v) is 6.24. The summed E-state index contributed by atoms with van der Waals surface area (Å²) in [6.07, 6.45) is 1.28. The van der Waals surface area contributed by atoms with E-state index in [0.717, 1.165) is 0 Å². The number of carbonyl (C=O) groups is 2. The van der Waals surface area contributed by atoms with Crippen LogP contribution in [0.1, 0.15) is 37.0 Å². The van der Waals surface area contributed by atoms with Crippen LogP contribution >= 0.6 is 0 Å². The van der Waals surface area contributed by atoms with Crippen molar-refractivity contribution in [3.05, 3.63) is 35.6 Å². The molecule has 1 heterocycles. The number of hydrogen-bond acceptors (Lipinski definition) is 3. The van der Waals surface area contributed by atoms with Crippen molar-refractivity contribution in [1.29, 1.82) is 0 Å². The number of hydrogen-bond donors (Lipinski definition) is 2. The first kappa shape index (κ1) is 16.4. The smallest absolute Gasteiger partial charge is 0.256 e. The average Bonchev–Trinajstić information content (AvgIpc) is 2.47. The van der Waals surface area contributed by atoms with Gasteiger partial charge in [-0.15, -0.1) is 0 Å². The van der Waals surface area contributed by atoms with Crippen molar-refractivity contribution in [1.82, 2.24) is 10.2 Å². The summed E-state index contributed by atoms with van der Waals surface area (Å²) in [5.41, 5.74) is 4.92. The molecular weight excluding hydrogens is 285 g/mol. The number of carbonyl (C=O) groups excluding carboxylic acids is 2. The number of amides is 2. The van der Waals surface area contributed by atoms with Crippen LogP contribution in [0.25, 0.3) is 0 Å². The highest BCUT2D eigenvalue weighted by Gasteiger charge is 2.29. The Hall–Kier alpha value is -1.95. The second kappa shape index (κ2) is 6.44. The van der Waals surface area contributed by atoms with Gasteiger partial charge in [-0.3, -0.25) is 9.59 Å². The van der Waals surface area contributed by atoms with Crippen molar-refractivity contribution in [2.45, 2.75) is 38.3 Å². The third-order valence-corrected chi connectivity index (χ3v) is 3.81. The van der Waals surface area contributed by atoms with E-state index in [1.807, 2.05) is 0 Å². The lowest BCUT2D eigenvalue weighted by atomic mass is 10.0. The van der Waals surface area contributed by atoms with Crippen LogP contribution in [0, 0.1) is 5.82 Å². The fraction of sp³-hybridized carbons (Fsp3) is 0.500. The molecule has 1 aromatic rings. The Balaban J connectivity index is 1.91. The topological polar surface area (TPSA) is 75.4 Å². The summed E-state index contributed by atoms with van der Waals surface area (Å²) in [6, 6.07) is 5.97. The van der Waals surface area contributed by atoms with E-state index in [4.69, 9.17) is 5.73 Å². The van der Waals surface area contributed by atoms with Gasteiger partial charge in [0.05, 0.1) is 11.1 Å². The van der Waals surface area contributed by atoms with Gasteiger partial charge in [-0.05, 0) is 38.8 Å². The molecular formula is C16H22FN3O2. The minimum absolute atomic E-state index is 0.00000436. The van der Waals surface area contributed by atoms with Crippen LogP contribution < -0.4 is 11.1 Å². The Morgan fingerprint density at radius 1 is 1.27 bits per heavy atom. The standard InChI is InChI=1S/C16H22FN3O2/c1-16(2,18)15(22)19-11-7-9-20(10-8-11)14(21)12-5-3-4-6-13(12)17/h3-6,11H,7-10,18H2,1-2H3,(H,19,22).